The molecule has 3 aliphatic rings. The number of amides is 1. The first kappa shape index (κ1) is 21.1. The molecule has 0 bridgehead atoms. The van der Waals surface area contributed by atoms with Gasteiger partial charge in [0.15, 0.2) is 0 Å². The molecule has 0 N–H and O–H groups in total. The molecular weight excluding hydrogens is 410 g/mol. The second-order valence-corrected chi connectivity index (χ2v) is 10.3. The Balaban J connectivity index is 1.46. The van der Waals surface area contributed by atoms with Crippen molar-refractivity contribution in [2.24, 2.45) is 5.92 Å². The van der Waals surface area contributed by atoms with Gasteiger partial charge >= 0.3 is 0 Å². The molecular formula is C23H33N5O2S. The molecule has 2 fully saturated rings. The molecule has 0 radical (unpaired) electrons. The number of hydrogen-bond acceptors (Lipinski definition) is 7. The van der Waals surface area contributed by atoms with Gasteiger partial charge in [-0.3, -0.25) is 9.69 Å². The lowest BCUT2D eigenvalue weighted by molar-refractivity contribution is -0.134. The average molecular weight is 444 g/mol. The van der Waals surface area contributed by atoms with Crippen LogP contribution in [0.4, 0.5) is 5.82 Å². The Morgan fingerprint density at radius 3 is 2.52 bits per heavy atom. The van der Waals surface area contributed by atoms with Gasteiger partial charge in [0.1, 0.15) is 16.5 Å². The lowest BCUT2D eigenvalue weighted by Crippen LogP contribution is -2.50. The molecule has 0 unspecified atom stereocenters. The first-order valence-corrected chi connectivity index (χ1v) is 12.6. The van der Waals surface area contributed by atoms with Crippen LogP contribution in [0.25, 0.3) is 10.2 Å². The van der Waals surface area contributed by atoms with Crippen molar-refractivity contribution in [3.63, 3.8) is 0 Å². The largest absolute Gasteiger partial charge is 0.379 e. The van der Waals surface area contributed by atoms with E-state index in [2.05, 4.69) is 9.80 Å². The van der Waals surface area contributed by atoms with E-state index in [-0.39, 0.29) is 11.8 Å². The van der Waals surface area contributed by atoms with E-state index in [0.717, 1.165) is 81.9 Å². The summed E-state index contributed by atoms with van der Waals surface area (Å²) in [5.41, 5.74) is 1.49. The van der Waals surface area contributed by atoms with E-state index < -0.39 is 0 Å². The number of carbonyl (C=O) groups excluding carboxylic acids is 1. The summed E-state index contributed by atoms with van der Waals surface area (Å²) >= 11 is 1.88. The van der Waals surface area contributed by atoms with E-state index in [4.69, 9.17) is 14.7 Å². The topological polar surface area (TPSA) is 61.8 Å². The quantitative estimate of drug-likeness (QED) is 0.724. The first-order valence-electron chi connectivity index (χ1n) is 11.7. The molecule has 2 aromatic rings. The normalized spacial score (nSPS) is 20.5. The van der Waals surface area contributed by atoms with E-state index in [1.54, 1.807) is 0 Å². The molecule has 0 atom stereocenters. The summed E-state index contributed by atoms with van der Waals surface area (Å²) in [4.78, 5) is 32.1. The minimum Gasteiger partial charge on any atom is -0.379 e. The number of nitrogens with zero attached hydrogens (tertiary/aromatic N) is 5. The molecule has 2 saturated heterocycles. The number of carbonyl (C=O) groups is 1. The number of fused-ring (bicyclic) bond motifs is 3. The Kier molecular flexibility index (Phi) is 6.12. The Morgan fingerprint density at radius 2 is 1.77 bits per heavy atom. The fraction of sp³-hybridized carbons (Fsp3) is 0.696. The second kappa shape index (κ2) is 9.00. The highest BCUT2D eigenvalue weighted by Gasteiger charge is 2.28. The number of aromatic nitrogens is 2. The van der Waals surface area contributed by atoms with Crippen molar-refractivity contribution < 1.29 is 9.53 Å². The van der Waals surface area contributed by atoms with Gasteiger partial charge in [0.2, 0.25) is 5.91 Å². The van der Waals surface area contributed by atoms with Crippen LogP contribution in [0.3, 0.4) is 0 Å². The van der Waals surface area contributed by atoms with Crippen LogP contribution in [-0.4, -0.2) is 78.2 Å². The molecule has 7 nitrogen and oxygen atoms in total. The summed E-state index contributed by atoms with van der Waals surface area (Å²) in [5, 5.41) is 1.29. The van der Waals surface area contributed by atoms with Gasteiger partial charge in [-0.25, -0.2) is 9.97 Å². The van der Waals surface area contributed by atoms with Gasteiger partial charge in [0.25, 0.3) is 0 Å². The maximum atomic E-state index is 12.4. The van der Waals surface area contributed by atoms with Crippen molar-refractivity contribution in [1.82, 2.24) is 19.8 Å². The molecule has 4 heterocycles. The standard InChI is InChI=1S/C23H33N5O2S/c1-16(2)23(29)28-9-7-27(8-10-28)21-20-17-5-3-4-6-18(17)31-22(20)25-19(24-21)15-26-11-13-30-14-12-26/h16H,3-15H2,1-2H3. The van der Waals surface area contributed by atoms with Gasteiger partial charge in [0, 0.05) is 50.1 Å². The predicted octanol–water partition coefficient (Wildman–Crippen LogP) is 2.71. The van der Waals surface area contributed by atoms with Crippen LogP contribution >= 0.6 is 11.3 Å². The highest BCUT2D eigenvalue weighted by molar-refractivity contribution is 7.19. The molecule has 1 amide bonds. The number of rotatable bonds is 4. The van der Waals surface area contributed by atoms with Crippen LogP contribution in [0.5, 0.6) is 0 Å². The maximum absolute atomic E-state index is 12.4. The Morgan fingerprint density at radius 1 is 1.03 bits per heavy atom. The van der Waals surface area contributed by atoms with Gasteiger partial charge in [0.05, 0.1) is 25.1 Å². The maximum Gasteiger partial charge on any atom is 0.225 e. The monoisotopic (exact) mass is 443 g/mol. The van der Waals surface area contributed by atoms with Crippen LogP contribution in [0.2, 0.25) is 0 Å². The summed E-state index contributed by atoms with van der Waals surface area (Å²) in [7, 11) is 0. The van der Waals surface area contributed by atoms with Gasteiger partial charge < -0.3 is 14.5 Å². The summed E-state index contributed by atoms with van der Waals surface area (Å²) in [5.74, 6) is 2.34. The number of ether oxygens (including phenoxy) is 1. The molecule has 2 aliphatic heterocycles. The van der Waals surface area contributed by atoms with Crippen LogP contribution < -0.4 is 4.90 Å². The third-order valence-corrected chi connectivity index (χ3v) is 7.88. The zero-order valence-electron chi connectivity index (χ0n) is 18.7. The summed E-state index contributed by atoms with van der Waals surface area (Å²) in [6, 6.07) is 0. The van der Waals surface area contributed by atoms with Crippen molar-refractivity contribution in [1.29, 1.82) is 0 Å². The number of thiophene rings is 1. The first-order chi connectivity index (χ1) is 15.1. The molecule has 168 valence electrons. The zero-order chi connectivity index (χ0) is 21.4. The van der Waals surface area contributed by atoms with E-state index in [9.17, 15) is 4.79 Å². The minimum atomic E-state index is 0.0568. The molecule has 1 aliphatic carbocycles. The molecule has 0 aromatic carbocycles. The van der Waals surface area contributed by atoms with Crippen LogP contribution in [-0.2, 0) is 28.9 Å². The highest BCUT2D eigenvalue weighted by atomic mass is 32.1. The lowest BCUT2D eigenvalue weighted by Gasteiger charge is -2.36. The summed E-state index contributed by atoms with van der Waals surface area (Å²) in [6.07, 6.45) is 4.84. The summed E-state index contributed by atoms with van der Waals surface area (Å²) in [6.45, 7) is 11.4. The van der Waals surface area contributed by atoms with Gasteiger partial charge in [-0.1, -0.05) is 13.8 Å². The number of morpholine rings is 1. The van der Waals surface area contributed by atoms with Crippen molar-refractivity contribution >= 4 is 33.3 Å². The Bertz CT molecular complexity index is 945. The van der Waals surface area contributed by atoms with Crippen LogP contribution in [0.15, 0.2) is 0 Å². The third kappa shape index (κ3) is 4.30. The van der Waals surface area contributed by atoms with E-state index >= 15 is 0 Å². The molecule has 0 spiro atoms. The van der Waals surface area contributed by atoms with Gasteiger partial charge in [-0.05, 0) is 31.2 Å². The van der Waals surface area contributed by atoms with E-state index in [1.807, 2.05) is 30.1 Å². The predicted molar refractivity (Wildman–Crippen MR) is 124 cm³/mol. The van der Waals surface area contributed by atoms with Gasteiger partial charge in [-0.15, -0.1) is 11.3 Å². The lowest BCUT2D eigenvalue weighted by atomic mass is 9.97. The fourth-order valence-corrected chi connectivity index (χ4v) is 6.22. The molecule has 31 heavy (non-hydrogen) atoms. The van der Waals surface area contributed by atoms with Gasteiger partial charge in [-0.2, -0.15) is 0 Å². The molecule has 5 rings (SSSR count). The highest BCUT2D eigenvalue weighted by Crippen LogP contribution is 2.40. The second-order valence-electron chi connectivity index (χ2n) is 9.21. The zero-order valence-corrected chi connectivity index (χ0v) is 19.5. The molecule has 2 aromatic heterocycles. The van der Waals surface area contributed by atoms with Crippen LogP contribution in [0, 0.1) is 5.92 Å². The van der Waals surface area contributed by atoms with Crippen molar-refractivity contribution in [2.75, 3.05) is 57.4 Å². The fourth-order valence-electron chi connectivity index (χ4n) is 4.94. The van der Waals surface area contributed by atoms with E-state index in [0.29, 0.717) is 0 Å². The Labute approximate surface area is 188 Å². The summed E-state index contributed by atoms with van der Waals surface area (Å²) < 4.78 is 5.51. The Hall–Kier alpha value is -1.77. The van der Waals surface area contributed by atoms with E-state index in [1.165, 1.54) is 35.1 Å². The SMILES string of the molecule is CC(C)C(=O)N1CCN(c2nc(CN3CCOCC3)nc3sc4c(c23)CCCC4)CC1. The number of piperazine rings is 1. The molecule has 0 saturated carbocycles. The number of hydrogen-bond donors (Lipinski definition) is 0. The average Bonchev–Trinajstić information content (AvgIpc) is 3.17. The van der Waals surface area contributed by atoms with Crippen molar-refractivity contribution in [3.05, 3.63) is 16.3 Å². The van der Waals surface area contributed by atoms with Crippen molar-refractivity contribution in [2.45, 2.75) is 46.1 Å². The third-order valence-electron chi connectivity index (χ3n) is 6.70. The number of aryl methyl sites for hydroxylation is 2. The molecule has 8 heteroatoms. The van der Waals surface area contributed by atoms with Crippen LogP contribution in [0.1, 0.15) is 43.0 Å². The smallest absolute Gasteiger partial charge is 0.225 e. The van der Waals surface area contributed by atoms with Crippen molar-refractivity contribution in [3.8, 4) is 0 Å². The minimum absolute atomic E-state index is 0.0568. The number of anilines is 1.